The third-order valence-corrected chi connectivity index (χ3v) is 3.95. The van der Waals surface area contributed by atoms with Crippen molar-refractivity contribution in [1.29, 1.82) is 0 Å². The molecule has 1 aromatic carbocycles. The van der Waals surface area contributed by atoms with Gasteiger partial charge in [0.25, 0.3) is 5.91 Å². The molecule has 1 aliphatic heterocycles. The van der Waals surface area contributed by atoms with Crippen LogP contribution in [0.4, 0.5) is 0 Å². The molecule has 0 bridgehead atoms. The number of carbonyl (C=O) groups excluding carboxylic acids is 1. The zero-order chi connectivity index (χ0) is 13.3. The van der Waals surface area contributed by atoms with Crippen LogP contribution in [0.25, 0.3) is 0 Å². The summed E-state index contributed by atoms with van der Waals surface area (Å²) < 4.78 is 0.800. The number of likely N-dealkylation sites (N-methyl/N-ethyl adjacent to an activating group) is 1. The topological polar surface area (TPSA) is 52.6 Å². The van der Waals surface area contributed by atoms with Gasteiger partial charge in [0.05, 0.1) is 22.7 Å². The lowest BCUT2D eigenvalue weighted by Gasteiger charge is -2.26. The lowest BCUT2D eigenvalue weighted by molar-refractivity contribution is 0.0581. The minimum Gasteiger partial charge on any atom is -0.390 e. The summed E-state index contributed by atoms with van der Waals surface area (Å²) in [6, 6.07) is 4.93. The molecule has 0 aromatic heterocycles. The molecule has 0 aliphatic carbocycles. The van der Waals surface area contributed by atoms with Crippen molar-refractivity contribution >= 4 is 33.4 Å². The highest BCUT2D eigenvalue weighted by Gasteiger charge is 2.32. The highest BCUT2D eigenvalue weighted by Crippen LogP contribution is 2.23. The van der Waals surface area contributed by atoms with Crippen molar-refractivity contribution in [2.24, 2.45) is 0 Å². The second-order valence-corrected chi connectivity index (χ2v) is 5.66. The minimum atomic E-state index is -0.537. The van der Waals surface area contributed by atoms with Crippen LogP contribution in [0.2, 0.25) is 5.02 Å². The van der Waals surface area contributed by atoms with Crippen molar-refractivity contribution in [1.82, 2.24) is 10.2 Å². The summed E-state index contributed by atoms with van der Waals surface area (Å²) in [5, 5.41) is 13.2. The Labute approximate surface area is 119 Å². The first kappa shape index (κ1) is 13.8. The minimum absolute atomic E-state index is 0.186. The molecule has 1 aliphatic rings. The summed E-state index contributed by atoms with van der Waals surface area (Å²) in [4.78, 5) is 13.9. The average molecular weight is 334 g/mol. The fourth-order valence-electron chi connectivity index (χ4n) is 2.05. The Kier molecular flexibility index (Phi) is 4.27. The van der Waals surface area contributed by atoms with E-state index in [1.54, 1.807) is 30.1 Å². The smallest absolute Gasteiger partial charge is 0.255 e. The van der Waals surface area contributed by atoms with Gasteiger partial charge in [0.15, 0.2) is 0 Å². The van der Waals surface area contributed by atoms with E-state index in [0.717, 1.165) is 4.47 Å². The number of aliphatic hydroxyl groups is 1. The standard InChI is InChI=1S/C12H14BrClN2O2/c1-16(10-5-15-6-11(10)17)12(18)8-4-7(13)2-3-9(8)14/h2-4,10-11,15,17H,5-6H2,1H3/t10-,11-/m0/s1. The van der Waals surface area contributed by atoms with E-state index >= 15 is 0 Å². The predicted molar refractivity (Wildman–Crippen MR) is 73.9 cm³/mol. The molecule has 1 fully saturated rings. The van der Waals surface area contributed by atoms with Crippen molar-refractivity contribution in [3.8, 4) is 0 Å². The van der Waals surface area contributed by atoms with E-state index in [9.17, 15) is 9.90 Å². The molecule has 1 aromatic rings. The molecular formula is C12H14BrClN2O2. The summed E-state index contributed by atoms with van der Waals surface area (Å²) in [6.45, 7) is 1.10. The van der Waals surface area contributed by atoms with Gasteiger partial charge in [-0.15, -0.1) is 0 Å². The molecule has 0 unspecified atom stereocenters. The van der Waals surface area contributed by atoms with E-state index in [-0.39, 0.29) is 11.9 Å². The van der Waals surface area contributed by atoms with E-state index in [0.29, 0.717) is 23.7 Å². The van der Waals surface area contributed by atoms with E-state index in [2.05, 4.69) is 21.2 Å². The Morgan fingerprint density at radius 3 is 2.89 bits per heavy atom. The number of nitrogens with zero attached hydrogens (tertiary/aromatic N) is 1. The molecule has 1 amide bonds. The zero-order valence-electron chi connectivity index (χ0n) is 9.86. The summed E-state index contributed by atoms with van der Waals surface area (Å²) in [7, 11) is 1.68. The van der Waals surface area contributed by atoms with E-state index < -0.39 is 6.10 Å². The molecule has 18 heavy (non-hydrogen) atoms. The van der Waals surface area contributed by atoms with Crippen LogP contribution in [-0.4, -0.2) is 48.2 Å². The van der Waals surface area contributed by atoms with Gasteiger partial charge in [-0.1, -0.05) is 27.5 Å². The second-order valence-electron chi connectivity index (χ2n) is 4.33. The van der Waals surface area contributed by atoms with Gasteiger partial charge < -0.3 is 15.3 Å². The Hall–Kier alpha value is -0.620. The number of rotatable bonds is 2. The van der Waals surface area contributed by atoms with Gasteiger partial charge >= 0.3 is 0 Å². The van der Waals surface area contributed by atoms with Crippen molar-refractivity contribution in [2.45, 2.75) is 12.1 Å². The van der Waals surface area contributed by atoms with Crippen LogP contribution >= 0.6 is 27.5 Å². The van der Waals surface area contributed by atoms with Gasteiger partial charge in [-0.25, -0.2) is 0 Å². The van der Waals surface area contributed by atoms with Crippen molar-refractivity contribution in [2.75, 3.05) is 20.1 Å². The molecule has 1 saturated heterocycles. The predicted octanol–water partition coefficient (Wildman–Crippen LogP) is 1.51. The van der Waals surface area contributed by atoms with Crippen LogP contribution in [0.1, 0.15) is 10.4 Å². The number of benzene rings is 1. The monoisotopic (exact) mass is 332 g/mol. The molecule has 98 valence electrons. The number of nitrogens with one attached hydrogen (secondary N) is 1. The highest BCUT2D eigenvalue weighted by molar-refractivity contribution is 9.10. The average Bonchev–Trinajstić information content (AvgIpc) is 2.77. The van der Waals surface area contributed by atoms with Crippen LogP contribution in [0, 0.1) is 0 Å². The first-order valence-electron chi connectivity index (χ1n) is 5.61. The van der Waals surface area contributed by atoms with Crippen molar-refractivity contribution in [3.63, 3.8) is 0 Å². The van der Waals surface area contributed by atoms with Crippen LogP contribution < -0.4 is 5.32 Å². The molecule has 2 N–H and O–H groups in total. The Balaban J connectivity index is 2.22. The Bertz CT molecular complexity index is 469. The van der Waals surface area contributed by atoms with E-state index in [4.69, 9.17) is 11.6 Å². The summed E-state index contributed by atoms with van der Waals surface area (Å²) in [5.74, 6) is -0.186. The molecule has 0 radical (unpaired) electrons. The normalized spacial score (nSPS) is 23.1. The second kappa shape index (κ2) is 5.57. The van der Waals surface area contributed by atoms with Crippen molar-refractivity contribution < 1.29 is 9.90 Å². The van der Waals surface area contributed by atoms with E-state index in [1.807, 2.05) is 0 Å². The number of halogens is 2. The summed E-state index contributed by atoms with van der Waals surface area (Å²) >= 11 is 9.35. The number of carbonyl (C=O) groups is 1. The van der Waals surface area contributed by atoms with Crippen LogP contribution in [-0.2, 0) is 0 Å². The number of β-amino-alcohol motifs (C(OH)–C–C–N with tert-alkyl or cyclic N) is 1. The van der Waals surface area contributed by atoms with Gasteiger partial charge in [0.1, 0.15) is 0 Å². The van der Waals surface area contributed by atoms with Gasteiger partial charge in [-0.2, -0.15) is 0 Å². The fraction of sp³-hybridized carbons (Fsp3) is 0.417. The number of hydrogen-bond donors (Lipinski definition) is 2. The maximum absolute atomic E-state index is 12.3. The third kappa shape index (κ3) is 2.69. The molecule has 2 atom stereocenters. The number of hydrogen-bond acceptors (Lipinski definition) is 3. The van der Waals surface area contributed by atoms with E-state index in [1.165, 1.54) is 0 Å². The molecule has 1 heterocycles. The zero-order valence-corrected chi connectivity index (χ0v) is 12.2. The molecule has 0 saturated carbocycles. The third-order valence-electron chi connectivity index (χ3n) is 3.13. The van der Waals surface area contributed by atoms with Gasteiger partial charge in [-0.3, -0.25) is 4.79 Å². The van der Waals surface area contributed by atoms with Crippen LogP contribution in [0.15, 0.2) is 22.7 Å². The van der Waals surface area contributed by atoms with Gasteiger partial charge in [-0.05, 0) is 18.2 Å². The largest absolute Gasteiger partial charge is 0.390 e. The maximum atomic E-state index is 12.3. The molecule has 6 heteroatoms. The first-order chi connectivity index (χ1) is 8.50. The quantitative estimate of drug-likeness (QED) is 0.862. The molecular weight excluding hydrogens is 320 g/mol. The fourth-order valence-corrected chi connectivity index (χ4v) is 2.61. The summed E-state index contributed by atoms with van der Waals surface area (Å²) in [5.41, 5.74) is 0.438. The maximum Gasteiger partial charge on any atom is 0.255 e. The van der Waals surface area contributed by atoms with Crippen molar-refractivity contribution in [3.05, 3.63) is 33.3 Å². The van der Waals surface area contributed by atoms with Gasteiger partial charge in [0, 0.05) is 24.6 Å². The Morgan fingerprint density at radius 1 is 1.56 bits per heavy atom. The highest BCUT2D eigenvalue weighted by atomic mass is 79.9. The van der Waals surface area contributed by atoms with Crippen LogP contribution in [0.3, 0.4) is 0 Å². The summed E-state index contributed by atoms with van der Waals surface area (Å²) in [6.07, 6.45) is -0.537. The van der Waals surface area contributed by atoms with Gasteiger partial charge in [0.2, 0.25) is 0 Å². The Morgan fingerprint density at radius 2 is 2.28 bits per heavy atom. The number of aliphatic hydroxyl groups excluding tert-OH is 1. The first-order valence-corrected chi connectivity index (χ1v) is 6.79. The molecule has 0 spiro atoms. The lowest BCUT2D eigenvalue weighted by Crippen LogP contribution is -2.44. The molecule has 4 nitrogen and oxygen atoms in total. The SMILES string of the molecule is CN(C(=O)c1cc(Br)ccc1Cl)[C@H]1CNC[C@@H]1O. The molecule has 2 rings (SSSR count). The lowest BCUT2D eigenvalue weighted by atomic mass is 10.1. The number of amides is 1. The van der Waals surface area contributed by atoms with Crippen LogP contribution in [0.5, 0.6) is 0 Å².